The highest BCUT2D eigenvalue weighted by molar-refractivity contribution is 5.77. The Balaban J connectivity index is 1.43. The normalized spacial score (nSPS) is 23.0. The number of carbonyl (C=O) groups excluding carboxylic acids is 1. The number of carbonyl (C=O) groups is 1. The molecule has 4 rings (SSSR count). The molecule has 1 aromatic heterocycles. The number of aryl methyl sites for hydroxylation is 1. The summed E-state index contributed by atoms with van der Waals surface area (Å²) in [6.45, 7) is 4.14. The van der Waals surface area contributed by atoms with Crippen LogP contribution in [-0.2, 0) is 9.53 Å². The number of aromatic nitrogens is 3. The Kier molecular flexibility index (Phi) is 4.40. The van der Waals surface area contributed by atoms with E-state index in [0.29, 0.717) is 38.5 Å². The number of morpholine rings is 1. The average molecular weight is 342 g/mol. The summed E-state index contributed by atoms with van der Waals surface area (Å²) in [4.78, 5) is 19.0. The zero-order valence-electron chi connectivity index (χ0n) is 14.3. The fraction of sp³-hybridized carbons (Fsp3) is 0.500. The van der Waals surface area contributed by atoms with Gasteiger partial charge in [-0.2, -0.15) is 5.10 Å². The van der Waals surface area contributed by atoms with Gasteiger partial charge < -0.3 is 14.4 Å². The van der Waals surface area contributed by atoms with E-state index in [1.165, 1.54) is 0 Å². The molecule has 1 aromatic carbocycles. The zero-order valence-corrected chi connectivity index (χ0v) is 14.3. The molecule has 3 heterocycles. The van der Waals surface area contributed by atoms with E-state index < -0.39 is 0 Å². The lowest BCUT2D eigenvalue weighted by atomic mass is 9.90. The minimum atomic E-state index is -0.260. The van der Waals surface area contributed by atoms with Crippen LogP contribution in [0.4, 0.5) is 0 Å². The summed E-state index contributed by atoms with van der Waals surface area (Å²) in [7, 11) is 0. The minimum Gasteiger partial charge on any atom is -0.493 e. The van der Waals surface area contributed by atoms with Crippen LogP contribution in [0.25, 0.3) is 0 Å². The van der Waals surface area contributed by atoms with Crippen molar-refractivity contribution in [3.05, 3.63) is 41.5 Å². The molecule has 25 heavy (non-hydrogen) atoms. The molecular weight excluding hydrogens is 320 g/mol. The van der Waals surface area contributed by atoms with Gasteiger partial charge in [-0.05, 0) is 30.9 Å². The molecule has 0 saturated carbocycles. The lowest BCUT2D eigenvalue weighted by molar-refractivity contribution is -0.139. The van der Waals surface area contributed by atoms with Gasteiger partial charge in [-0.1, -0.05) is 18.2 Å². The number of ether oxygens (including phenoxy) is 2. The van der Waals surface area contributed by atoms with Gasteiger partial charge >= 0.3 is 0 Å². The first-order valence-corrected chi connectivity index (χ1v) is 8.70. The van der Waals surface area contributed by atoms with Crippen LogP contribution in [0.5, 0.6) is 5.75 Å². The Labute approximate surface area is 146 Å². The van der Waals surface area contributed by atoms with Crippen molar-refractivity contribution in [3.63, 3.8) is 0 Å². The van der Waals surface area contributed by atoms with Gasteiger partial charge in [-0.15, -0.1) is 0 Å². The molecule has 0 aliphatic carbocycles. The molecule has 2 aliphatic heterocycles. The fourth-order valence-electron chi connectivity index (χ4n) is 3.50. The van der Waals surface area contributed by atoms with E-state index in [-0.39, 0.29) is 17.9 Å². The molecule has 0 unspecified atom stereocenters. The number of nitrogens with one attached hydrogen (secondary N) is 1. The van der Waals surface area contributed by atoms with Crippen LogP contribution in [0, 0.1) is 6.92 Å². The van der Waals surface area contributed by atoms with Crippen LogP contribution in [0.15, 0.2) is 24.3 Å². The summed E-state index contributed by atoms with van der Waals surface area (Å²) in [6.07, 6.45) is 1.11. The highest BCUT2D eigenvalue weighted by Crippen LogP contribution is 2.36. The number of nitrogens with zero attached hydrogens (tertiary/aromatic N) is 3. The Bertz CT molecular complexity index is 760. The number of rotatable bonds is 3. The van der Waals surface area contributed by atoms with Crippen LogP contribution < -0.4 is 4.74 Å². The van der Waals surface area contributed by atoms with Crippen molar-refractivity contribution in [2.75, 3.05) is 26.3 Å². The molecule has 1 N–H and O–H groups in total. The van der Waals surface area contributed by atoms with E-state index >= 15 is 0 Å². The van der Waals surface area contributed by atoms with Gasteiger partial charge in [0.2, 0.25) is 5.91 Å². The second-order valence-electron chi connectivity index (χ2n) is 6.55. The van der Waals surface area contributed by atoms with Gasteiger partial charge in [0.1, 0.15) is 17.7 Å². The van der Waals surface area contributed by atoms with E-state index in [2.05, 4.69) is 21.2 Å². The molecule has 0 radical (unpaired) electrons. The van der Waals surface area contributed by atoms with Crippen LogP contribution >= 0.6 is 0 Å². The minimum absolute atomic E-state index is 0.155. The van der Waals surface area contributed by atoms with Gasteiger partial charge in [-0.25, -0.2) is 4.98 Å². The number of H-pyrrole nitrogens is 1. The van der Waals surface area contributed by atoms with Gasteiger partial charge in [-0.3, -0.25) is 9.89 Å². The number of para-hydroxylation sites is 1. The first kappa shape index (κ1) is 16.1. The monoisotopic (exact) mass is 342 g/mol. The van der Waals surface area contributed by atoms with Crippen molar-refractivity contribution in [1.82, 2.24) is 20.1 Å². The Hall–Kier alpha value is -2.41. The van der Waals surface area contributed by atoms with Crippen LogP contribution in [-0.4, -0.2) is 52.3 Å². The SMILES string of the molecule is Cc1nc([C@@H]2CN(C(=O)C[C@@H]3CCOc4ccccc43)CCO2)n[nH]1. The third-order valence-corrected chi connectivity index (χ3v) is 4.83. The van der Waals surface area contributed by atoms with Crippen LogP contribution in [0.1, 0.15) is 42.1 Å². The van der Waals surface area contributed by atoms with Crippen molar-refractivity contribution < 1.29 is 14.3 Å². The zero-order chi connectivity index (χ0) is 17.2. The third kappa shape index (κ3) is 3.37. The quantitative estimate of drug-likeness (QED) is 0.922. The predicted molar refractivity (Wildman–Crippen MR) is 90.3 cm³/mol. The highest BCUT2D eigenvalue weighted by Gasteiger charge is 2.30. The van der Waals surface area contributed by atoms with E-state index in [0.717, 1.165) is 23.6 Å². The first-order valence-electron chi connectivity index (χ1n) is 8.70. The lowest BCUT2D eigenvalue weighted by Gasteiger charge is -2.33. The van der Waals surface area contributed by atoms with Gasteiger partial charge in [0.15, 0.2) is 5.82 Å². The summed E-state index contributed by atoms with van der Waals surface area (Å²) in [5.41, 5.74) is 1.14. The molecule has 0 bridgehead atoms. The van der Waals surface area contributed by atoms with Gasteiger partial charge in [0.25, 0.3) is 0 Å². The largest absolute Gasteiger partial charge is 0.493 e. The molecule has 2 aliphatic rings. The molecule has 0 spiro atoms. The predicted octanol–water partition coefficient (Wildman–Crippen LogP) is 1.97. The number of fused-ring (bicyclic) bond motifs is 1. The van der Waals surface area contributed by atoms with Crippen molar-refractivity contribution in [2.45, 2.75) is 31.8 Å². The first-order chi connectivity index (χ1) is 12.2. The molecular formula is C18H22N4O3. The third-order valence-electron chi connectivity index (χ3n) is 4.83. The maximum absolute atomic E-state index is 12.8. The Morgan fingerprint density at radius 1 is 1.36 bits per heavy atom. The maximum Gasteiger partial charge on any atom is 0.223 e. The second-order valence-corrected chi connectivity index (χ2v) is 6.55. The van der Waals surface area contributed by atoms with Crippen molar-refractivity contribution in [1.29, 1.82) is 0 Å². The molecule has 2 atom stereocenters. The molecule has 7 heteroatoms. The standard InChI is InChI=1S/C18H22N4O3/c1-12-19-18(21-20-12)16-11-22(7-9-25-16)17(23)10-13-6-8-24-15-5-3-2-4-14(13)15/h2-5,13,16H,6-11H2,1H3,(H,19,20,21)/t13-,16-/m0/s1. The fourth-order valence-corrected chi connectivity index (χ4v) is 3.50. The van der Waals surface area contributed by atoms with E-state index in [1.54, 1.807) is 0 Å². The number of hydrogen-bond acceptors (Lipinski definition) is 5. The smallest absolute Gasteiger partial charge is 0.223 e. The summed E-state index contributed by atoms with van der Waals surface area (Å²) >= 11 is 0. The molecule has 7 nitrogen and oxygen atoms in total. The van der Waals surface area contributed by atoms with Crippen LogP contribution in [0.2, 0.25) is 0 Å². The Morgan fingerprint density at radius 2 is 2.24 bits per heavy atom. The highest BCUT2D eigenvalue weighted by atomic mass is 16.5. The second kappa shape index (κ2) is 6.84. The van der Waals surface area contributed by atoms with E-state index in [9.17, 15) is 4.79 Å². The summed E-state index contributed by atoms with van der Waals surface area (Å²) < 4.78 is 11.4. The number of aromatic amines is 1. The summed E-state index contributed by atoms with van der Waals surface area (Å²) in [5.74, 6) is 2.64. The molecule has 2 aromatic rings. The lowest BCUT2D eigenvalue weighted by Crippen LogP contribution is -2.43. The Morgan fingerprint density at radius 3 is 3.08 bits per heavy atom. The van der Waals surface area contributed by atoms with E-state index in [4.69, 9.17) is 9.47 Å². The van der Waals surface area contributed by atoms with Gasteiger partial charge in [0.05, 0.1) is 19.8 Å². The summed E-state index contributed by atoms with van der Waals surface area (Å²) in [5, 5.41) is 6.99. The number of amides is 1. The molecule has 1 saturated heterocycles. The maximum atomic E-state index is 12.8. The molecule has 132 valence electrons. The average Bonchev–Trinajstić information content (AvgIpc) is 3.09. The van der Waals surface area contributed by atoms with Crippen LogP contribution in [0.3, 0.4) is 0 Å². The van der Waals surface area contributed by atoms with Crippen molar-refractivity contribution in [3.8, 4) is 5.75 Å². The number of hydrogen-bond donors (Lipinski definition) is 1. The topological polar surface area (TPSA) is 80.3 Å². The summed E-state index contributed by atoms with van der Waals surface area (Å²) in [6, 6.07) is 8.00. The van der Waals surface area contributed by atoms with Gasteiger partial charge in [0, 0.05) is 13.0 Å². The van der Waals surface area contributed by atoms with E-state index in [1.807, 2.05) is 30.0 Å². The molecule has 1 amide bonds. The number of benzene rings is 1. The van der Waals surface area contributed by atoms with Crippen molar-refractivity contribution in [2.24, 2.45) is 0 Å². The van der Waals surface area contributed by atoms with Crippen molar-refractivity contribution >= 4 is 5.91 Å². The molecule has 1 fully saturated rings.